The number of aromatic nitrogens is 3. The van der Waals surface area contributed by atoms with Gasteiger partial charge in [-0.05, 0) is 51.0 Å². The van der Waals surface area contributed by atoms with Crippen molar-refractivity contribution in [3.8, 4) is 5.75 Å². The second-order valence-corrected chi connectivity index (χ2v) is 8.57. The highest BCUT2D eigenvalue weighted by molar-refractivity contribution is 7.99. The van der Waals surface area contributed by atoms with Crippen LogP contribution in [0.3, 0.4) is 0 Å². The van der Waals surface area contributed by atoms with Gasteiger partial charge in [0, 0.05) is 17.2 Å². The molecule has 0 saturated heterocycles. The number of unbranched alkanes of at least 4 members (excludes halogenated alkanes) is 1. The van der Waals surface area contributed by atoms with E-state index >= 15 is 0 Å². The van der Waals surface area contributed by atoms with Crippen molar-refractivity contribution in [2.75, 3.05) is 12.4 Å². The largest absolute Gasteiger partial charge is 0.494 e. The van der Waals surface area contributed by atoms with Gasteiger partial charge in [0.1, 0.15) is 11.6 Å². The molecule has 3 rings (SSSR count). The van der Waals surface area contributed by atoms with Crippen molar-refractivity contribution in [1.29, 1.82) is 0 Å². The molecule has 0 atom stereocenters. The van der Waals surface area contributed by atoms with Gasteiger partial charge in [-0.3, -0.25) is 0 Å². The molecule has 28 heavy (non-hydrogen) atoms. The molecule has 0 aliphatic rings. The first-order valence-electron chi connectivity index (χ1n) is 9.68. The zero-order valence-electron chi connectivity index (χ0n) is 16.5. The Balaban J connectivity index is 1.41. The number of benzene rings is 2. The van der Waals surface area contributed by atoms with Crippen LogP contribution >= 0.6 is 23.5 Å². The summed E-state index contributed by atoms with van der Waals surface area (Å²) < 4.78 is 7.97. The topological polar surface area (TPSA) is 39.9 Å². The Morgan fingerprint density at radius 1 is 0.929 bits per heavy atom. The second-order valence-electron chi connectivity index (χ2n) is 6.46. The molecule has 0 unspecified atom stereocenters. The maximum Gasteiger partial charge on any atom is 0.191 e. The number of nitrogens with zero attached hydrogens (tertiary/aromatic N) is 3. The Hall–Kier alpha value is -1.92. The van der Waals surface area contributed by atoms with Crippen LogP contribution in [-0.4, -0.2) is 27.1 Å². The lowest BCUT2D eigenvalue weighted by Crippen LogP contribution is -2.03. The number of rotatable bonds is 11. The standard InChI is InChI=1S/C22H27N3OS2/c1-3-25-21(17-28-20-13-11-18(2)12-14-20)23-24-22(25)27-16-8-7-15-26-19-9-5-4-6-10-19/h4-6,9-14H,3,7-8,15-17H2,1-2H3. The molecule has 0 fully saturated rings. The number of ether oxygens (including phenoxy) is 1. The number of thioether (sulfide) groups is 2. The van der Waals surface area contributed by atoms with E-state index in [1.165, 1.54) is 10.5 Å². The predicted octanol–water partition coefficient (Wildman–Crippen LogP) is 5.85. The van der Waals surface area contributed by atoms with Gasteiger partial charge in [0.05, 0.1) is 12.4 Å². The third-order valence-corrected chi connectivity index (χ3v) is 6.34. The highest BCUT2D eigenvalue weighted by Gasteiger charge is 2.11. The highest BCUT2D eigenvalue weighted by atomic mass is 32.2. The van der Waals surface area contributed by atoms with Crippen LogP contribution < -0.4 is 4.74 Å². The molecule has 0 saturated carbocycles. The van der Waals surface area contributed by atoms with Crippen LogP contribution in [0, 0.1) is 6.92 Å². The summed E-state index contributed by atoms with van der Waals surface area (Å²) in [4.78, 5) is 1.27. The number of aryl methyl sites for hydroxylation is 1. The highest BCUT2D eigenvalue weighted by Crippen LogP contribution is 2.25. The fourth-order valence-corrected chi connectivity index (χ4v) is 4.56. The number of hydrogen-bond donors (Lipinski definition) is 0. The van der Waals surface area contributed by atoms with Crippen molar-refractivity contribution < 1.29 is 4.74 Å². The first-order valence-corrected chi connectivity index (χ1v) is 11.7. The maximum atomic E-state index is 5.74. The van der Waals surface area contributed by atoms with E-state index in [1.807, 2.05) is 42.1 Å². The summed E-state index contributed by atoms with van der Waals surface area (Å²) >= 11 is 3.60. The Kier molecular flexibility index (Phi) is 8.30. The first kappa shape index (κ1) is 20.8. The van der Waals surface area contributed by atoms with Gasteiger partial charge in [0.25, 0.3) is 0 Å². The molecule has 4 nitrogen and oxygen atoms in total. The molecular weight excluding hydrogens is 386 g/mol. The quantitative estimate of drug-likeness (QED) is 0.291. The molecule has 6 heteroatoms. The van der Waals surface area contributed by atoms with Crippen LogP contribution in [0.1, 0.15) is 31.2 Å². The van der Waals surface area contributed by atoms with E-state index in [0.717, 1.165) is 54.2 Å². The molecule has 0 N–H and O–H groups in total. The van der Waals surface area contributed by atoms with Gasteiger partial charge in [-0.1, -0.05) is 47.7 Å². The van der Waals surface area contributed by atoms with Crippen molar-refractivity contribution >= 4 is 23.5 Å². The molecular formula is C22H27N3OS2. The molecule has 2 aromatic carbocycles. The van der Waals surface area contributed by atoms with Crippen molar-refractivity contribution in [2.24, 2.45) is 0 Å². The minimum atomic E-state index is 0.753. The summed E-state index contributed by atoms with van der Waals surface area (Å²) in [6, 6.07) is 18.6. The lowest BCUT2D eigenvalue weighted by atomic mass is 10.2. The fraction of sp³-hybridized carbons (Fsp3) is 0.364. The van der Waals surface area contributed by atoms with E-state index < -0.39 is 0 Å². The second kappa shape index (κ2) is 11.2. The van der Waals surface area contributed by atoms with Gasteiger partial charge < -0.3 is 9.30 Å². The first-order chi connectivity index (χ1) is 13.8. The average Bonchev–Trinajstić information content (AvgIpc) is 3.12. The van der Waals surface area contributed by atoms with Gasteiger partial charge in [0.15, 0.2) is 5.16 Å². The lowest BCUT2D eigenvalue weighted by Gasteiger charge is -2.08. The van der Waals surface area contributed by atoms with Crippen molar-refractivity contribution in [3.63, 3.8) is 0 Å². The van der Waals surface area contributed by atoms with Crippen molar-refractivity contribution in [3.05, 3.63) is 66.0 Å². The summed E-state index contributed by atoms with van der Waals surface area (Å²) in [5, 5.41) is 9.85. The molecule has 148 valence electrons. The lowest BCUT2D eigenvalue weighted by molar-refractivity contribution is 0.310. The van der Waals surface area contributed by atoms with Gasteiger partial charge in [0.2, 0.25) is 0 Å². The van der Waals surface area contributed by atoms with Crippen LogP contribution in [0.2, 0.25) is 0 Å². The molecule has 0 spiro atoms. The van der Waals surface area contributed by atoms with Gasteiger partial charge in [-0.25, -0.2) is 0 Å². The normalized spacial score (nSPS) is 10.9. The molecule has 3 aromatic rings. The minimum Gasteiger partial charge on any atom is -0.494 e. The molecule has 0 radical (unpaired) electrons. The minimum absolute atomic E-state index is 0.753. The average molecular weight is 414 g/mol. The van der Waals surface area contributed by atoms with Crippen LogP contribution in [0.5, 0.6) is 5.75 Å². The van der Waals surface area contributed by atoms with Gasteiger partial charge >= 0.3 is 0 Å². The number of para-hydroxylation sites is 1. The molecule has 1 heterocycles. The molecule has 1 aromatic heterocycles. The zero-order chi connectivity index (χ0) is 19.6. The van der Waals surface area contributed by atoms with E-state index in [-0.39, 0.29) is 0 Å². The monoisotopic (exact) mass is 413 g/mol. The third kappa shape index (κ3) is 6.31. The Bertz CT molecular complexity index is 835. The van der Waals surface area contributed by atoms with Crippen molar-refractivity contribution in [2.45, 2.75) is 49.0 Å². The van der Waals surface area contributed by atoms with E-state index in [4.69, 9.17) is 4.74 Å². The van der Waals surface area contributed by atoms with E-state index in [9.17, 15) is 0 Å². The SMILES string of the molecule is CCn1c(CSc2ccc(C)cc2)nnc1SCCCCOc1ccccc1. The predicted molar refractivity (Wildman–Crippen MR) is 118 cm³/mol. The van der Waals surface area contributed by atoms with E-state index in [1.54, 1.807) is 11.8 Å². The molecule has 0 amide bonds. The van der Waals surface area contributed by atoms with Crippen LogP contribution in [-0.2, 0) is 12.3 Å². The van der Waals surface area contributed by atoms with Gasteiger partial charge in [-0.15, -0.1) is 22.0 Å². The maximum absolute atomic E-state index is 5.74. The molecule has 0 aliphatic carbocycles. The summed E-state index contributed by atoms with van der Waals surface area (Å²) in [5.74, 6) is 3.86. The smallest absolute Gasteiger partial charge is 0.191 e. The summed E-state index contributed by atoms with van der Waals surface area (Å²) in [7, 11) is 0. The fourth-order valence-electron chi connectivity index (χ4n) is 2.71. The van der Waals surface area contributed by atoms with Crippen LogP contribution in [0.4, 0.5) is 0 Å². The van der Waals surface area contributed by atoms with Crippen LogP contribution in [0.15, 0.2) is 64.6 Å². The van der Waals surface area contributed by atoms with Crippen molar-refractivity contribution in [1.82, 2.24) is 14.8 Å². The Morgan fingerprint density at radius 2 is 1.71 bits per heavy atom. The van der Waals surface area contributed by atoms with E-state index in [0.29, 0.717) is 0 Å². The summed E-state index contributed by atoms with van der Waals surface area (Å²) in [6.07, 6.45) is 2.14. The Morgan fingerprint density at radius 3 is 2.46 bits per heavy atom. The van der Waals surface area contributed by atoms with Crippen LogP contribution in [0.25, 0.3) is 0 Å². The van der Waals surface area contributed by atoms with E-state index in [2.05, 4.69) is 52.9 Å². The summed E-state index contributed by atoms with van der Waals surface area (Å²) in [6.45, 7) is 5.92. The zero-order valence-corrected chi connectivity index (χ0v) is 18.1. The van der Waals surface area contributed by atoms with Gasteiger partial charge in [-0.2, -0.15) is 0 Å². The molecule has 0 bridgehead atoms. The summed E-state index contributed by atoms with van der Waals surface area (Å²) in [5.41, 5.74) is 1.29. The molecule has 0 aliphatic heterocycles. The Labute approximate surface area is 176 Å². The third-order valence-electron chi connectivity index (χ3n) is 4.28. The number of hydrogen-bond acceptors (Lipinski definition) is 5.